The predicted octanol–water partition coefficient (Wildman–Crippen LogP) is 6.32. The van der Waals surface area contributed by atoms with Crippen molar-refractivity contribution in [1.82, 2.24) is 15.2 Å². The van der Waals surface area contributed by atoms with Crippen molar-refractivity contribution in [3.63, 3.8) is 0 Å². The van der Waals surface area contributed by atoms with E-state index in [1.807, 2.05) is 79.1 Å². The molecule has 0 aliphatic carbocycles. The van der Waals surface area contributed by atoms with Crippen LogP contribution in [0.25, 0.3) is 11.3 Å². The van der Waals surface area contributed by atoms with Gasteiger partial charge in [0.1, 0.15) is 11.5 Å². The van der Waals surface area contributed by atoms with Gasteiger partial charge in [0.2, 0.25) is 11.0 Å². The van der Waals surface area contributed by atoms with Crippen LogP contribution in [-0.4, -0.2) is 21.4 Å². The minimum atomic E-state index is -0.480. The maximum Gasteiger partial charge on any atom is 0.247 e. The Bertz CT molecular complexity index is 1240. The second-order valence-corrected chi connectivity index (χ2v) is 8.46. The standard InChI is InChI=1S/C23H17BrN4O2S/c1-31-23-26-22-20(27-28-23)18-13-15(24)10-11-19(18)25-21(30-22)14-6-5-9-17(12-14)29-16-7-3-2-4-8-16/h2-13,21,25H,1H3/t21-/m1/s1. The van der Waals surface area contributed by atoms with Crippen molar-refractivity contribution < 1.29 is 9.47 Å². The lowest BCUT2D eigenvalue weighted by molar-refractivity contribution is 0.225. The van der Waals surface area contributed by atoms with Crippen molar-refractivity contribution in [3.05, 3.63) is 82.8 Å². The Morgan fingerprint density at radius 1 is 0.968 bits per heavy atom. The van der Waals surface area contributed by atoms with Gasteiger partial charge in [0, 0.05) is 21.3 Å². The van der Waals surface area contributed by atoms with Crippen molar-refractivity contribution in [2.45, 2.75) is 11.4 Å². The average Bonchev–Trinajstić information content (AvgIpc) is 2.96. The number of hydrogen-bond donors (Lipinski definition) is 1. The highest BCUT2D eigenvalue weighted by molar-refractivity contribution is 9.10. The molecule has 3 aromatic carbocycles. The number of fused-ring (bicyclic) bond motifs is 3. The SMILES string of the molecule is CSc1nnc2c(n1)O[C@H](c1cccc(Oc3ccccc3)c1)Nc1ccc(Br)cc1-2. The lowest BCUT2D eigenvalue weighted by atomic mass is 10.1. The molecule has 6 nitrogen and oxygen atoms in total. The third-order valence-electron chi connectivity index (χ3n) is 4.71. The van der Waals surface area contributed by atoms with Crippen LogP contribution in [0.3, 0.4) is 0 Å². The van der Waals surface area contributed by atoms with Crippen LogP contribution in [0, 0.1) is 0 Å². The number of hydrogen-bond acceptors (Lipinski definition) is 7. The number of benzene rings is 3. The molecule has 1 aliphatic heterocycles. The fourth-order valence-electron chi connectivity index (χ4n) is 3.27. The third kappa shape index (κ3) is 4.22. The molecule has 1 N–H and O–H groups in total. The second kappa shape index (κ2) is 8.56. The van der Waals surface area contributed by atoms with Crippen LogP contribution in [0.4, 0.5) is 5.69 Å². The number of halogens is 1. The highest BCUT2D eigenvalue weighted by atomic mass is 79.9. The van der Waals surface area contributed by atoms with E-state index in [4.69, 9.17) is 9.47 Å². The van der Waals surface area contributed by atoms with E-state index in [9.17, 15) is 0 Å². The molecule has 5 rings (SSSR count). The summed E-state index contributed by atoms with van der Waals surface area (Å²) < 4.78 is 13.2. The lowest BCUT2D eigenvalue weighted by Gasteiger charge is -2.20. The van der Waals surface area contributed by atoms with Gasteiger partial charge in [-0.1, -0.05) is 58.0 Å². The van der Waals surface area contributed by atoms with Gasteiger partial charge in [-0.2, -0.15) is 4.98 Å². The smallest absolute Gasteiger partial charge is 0.247 e. The zero-order valence-corrected chi connectivity index (χ0v) is 18.9. The quantitative estimate of drug-likeness (QED) is 0.334. The van der Waals surface area contributed by atoms with E-state index in [0.717, 1.165) is 32.8 Å². The normalized spacial score (nSPS) is 14.5. The fourth-order valence-corrected chi connectivity index (χ4v) is 3.93. The molecular formula is C23H17BrN4O2S. The summed E-state index contributed by atoms with van der Waals surface area (Å²) in [5.74, 6) is 1.93. The summed E-state index contributed by atoms with van der Waals surface area (Å²) in [6, 6.07) is 23.4. The summed E-state index contributed by atoms with van der Waals surface area (Å²) in [5.41, 5.74) is 3.26. The zero-order chi connectivity index (χ0) is 21.2. The minimum Gasteiger partial charge on any atom is -0.457 e. The largest absolute Gasteiger partial charge is 0.457 e. The molecule has 0 saturated heterocycles. The third-order valence-corrected chi connectivity index (χ3v) is 5.74. The molecule has 8 heteroatoms. The Kier molecular flexibility index (Phi) is 5.48. The maximum atomic E-state index is 6.30. The first-order chi connectivity index (χ1) is 15.2. The molecule has 1 atom stereocenters. The van der Waals surface area contributed by atoms with E-state index in [1.54, 1.807) is 0 Å². The van der Waals surface area contributed by atoms with Crippen molar-refractivity contribution in [2.75, 3.05) is 11.6 Å². The van der Waals surface area contributed by atoms with Crippen LogP contribution in [-0.2, 0) is 0 Å². The monoisotopic (exact) mass is 492 g/mol. The van der Waals surface area contributed by atoms with Gasteiger partial charge in [0.15, 0.2) is 11.9 Å². The summed E-state index contributed by atoms with van der Waals surface area (Å²) in [5, 5.41) is 12.6. The molecule has 1 aliphatic rings. The van der Waals surface area contributed by atoms with Crippen LogP contribution in [0.2, 0.25) is 0 Å². The number of aromatic nitrogens is 3. The fraction of sp³-hybridized carbons (Fsp3) is 0.0870. The molecule has 0 radical (unpaired) electrons. The number of ether oxygens (including phenoxy) is 2. The molecule has 0 unspecified atom stereocenters. The number of anilines is 1. The Morgan fingerprint density at radius 3 is 2.65 bits per heavy atom. The lowest BCUT2D eigenvalue weighted by Crippen LogP contribution is -2.17. The second-order valence-electron chi connectivity index (χ2n) is 6.77. The molecule has 0 spiro atoms. The number of para-hydroxylation sites is 1. The number of nitrogens with zero attached hydrogens (tertiary/aromatic N) is 3. The van der Waals surface area contributed by atoms with Crippen LogP contribution in [0.5, 0.6) is 17.4 Å². The number of nitrogens with one attached hydrogen (secondary N) is 1. The van der Waals surface area contributed by atoms with Crippen molar-refractivity contribution >= 4 is 33.4 Å². The first-order valence-electron chi connectivity index (χ1n) is 9.54. The van der Waals surface area contributed by atoms with E-state index in [0.29, 0.717) is 16.7 Å². The molecule has 1 aromatic heterocycles. The minimum absolute atomic E-state index is 0.433. The maximum absolute atomic E-state index is 6.30. The summed E-state index contributed by atoms with van der Waals surface area (Å²) in [7, 11) is 0. The topological polar surface area (TPSA) is 69.2 Å². The molecule has 0 amide bonds. The van der Waals surface area contributed by atoms with Crippen LogP contribution < -0.4 is 14.8 Å². The molecule has 154 valence electrons. The van der Waals surface area contributed by atoms with Gasteiger partial charge in [-0.05, 0) is 48.7 Å². The van der Waals surface area contributed by atoms with E-state index in [2.05, 4.69) is 36.4 Å². The van der Waals surface area contributed by atoms with Gasteiger partial charge >= 0.3 is 0 Å². The summed E-state index contributed by atoms with van der Waals surface area (Å²) in [6.07, 6.45) is 1.43. The summed E-state index contributed by atoms with van der Waals surface area (Å²) in [6.45, 7) is 0. The van der Waals surface area contributed by atoms with E-state index < -0.39 is 6.23 Å². The highest BCUT2D eigenvalue weighted by Crippen LogP contribution is 2.41. The van der Waals surface area contributed by atoms with Gasteiger partial charge < -0.3 is 14.8 Å². The molecule has 0 saturated carbocycles. The first kappa shape index (κ1) is 19.8. The molecule has 0 fully saturated rings. The van der Waals surface area contributed by atoms with E-state index in [-0.39, 0.29) is 0 Å². The van der Waals surface area contributed by atoms with Crippen molar-refractivity contribution in [2.24, 2.45) is 0 Å². The average molecular weight is 493 g/mol. The first-order valence-corrected chi connectivity index (χ1v) is 11.6. The van der Waals surface area contributed by atoms with Crippen molar-refractivity contribution in [3.8, 4) is 28.6 Å². The van der Waals surface area contributed by atoms with Crippen LogP contribution >= 0.6 is 27.7 Å². The van der Waals surface area contributed by atoms with Gasteiger partial charge in [0.25, 0.3) is 0 Å². The highest BCUT2D eigenvalue weighted by Gasteiger charge is 2.26. The van der Waals surface area contributed by atoms with Crippen LogP contribution in [0.1, 0.15) is 11.8 Å². The number of rotatable bonds is 4. The Morgan fingerprint density at radius 2 is 1.81 bits per heavy atom. The summed E-state index contributed by atoms with van der Waals surface area (Å²) >= 11 is 4.96. The van der Waals surface area contributed by atoms with Gasteiger partial charge in [-0.3, -0.25) is 0 Å². The Hall–Kier alpha value is -3.10. The van der Waals surface area contributed by atoms with Crippen molar-refractivity contribution in [1.29, 1.82) is 0 Å². The zero-order valence-electron chi connectivity index (χ0n) is 16.4. The van der Waals surface area contributed by atoms with Gasteiger partial charge in [-0.15, -0.1) is 10.2 Å². The molecule has 0 bridgehead atoms. The van der Waals surface area contributed by atoms with E-state index >= 15 is 0 Å². The van der Waals surface area contributed by atoms with E-state index in [1.165, 1.54) is 11.8 Å². The predicted molar refractivity (Wildman–Crippen MR) is 125 cm³/mol. The molecule has 2 heterocycles. The molecule has 4 aromatic rings. The molecule has 31 heavy (non-hydrogen) atoms. The Balaban J connectivity index is 1.54. The number of thioether (sulfide) groups is 1. The Labute approximate surface area is 192 Å². The van der Waals surface area contributed by atoms with Crippen LogP contribution in [0.15, 0.2) is 82.4 Å². The van der Waals surface area contributed by atoms with Gasteiger partial charge in [0.05, 0.1) is 0 Å². The molecular weight excluding hydrogens is 476 g/mol. The van der Waals surface area contributed by atoms with Gasteiger partial charge in [-0.25, -0.2) is 0 Å². The summed E-state index contributed by atoms with van der Waals surface area (Å²) in [4.78, 5) is 4.57.